The Hall–Kier alpha value is -2.63. The van der Waals surface area contributed by atoms with Crippen LogP contribution in [0.25, 0.3) is 0 Å². The van der Waals surface area contributed by atoms with E-state index in [1.54, 1.807) is 12.1 Å². The minimum Gasteiger partial charge on any atom is -0.438 e. The highest BCUT2D eigenvalue weighted by molar-refractivity contribution is 7.89. The Kier molecular flexibility index (Phi) is 6.17. The molecule has 1 amide bonds. The third-order valence-electron chi connectivity index (χ3n) is 4.56. The van der Waals surface area contributed by atoms with Gasteiger partial charge in [-0.15, -0.1) is 6.42 Å². The number of terminal acetylenes is 1. The molecule has 1 aliphatic heterocycles. The van der Waals surface area contributed by atoms with Gasteiger partial charge in [-0.1, -0.05) is 24.5 Å². The normalized spacial score (nSPS) is 15.1. The van der Waals surface area contributed by atoms with E-state index in [0.29, 0.717) is 18.7 Å². The summed E-state index contributed by atoms with van der Waals surface area (Å²) in [6.45, 7) is 1.05. The highest BCUT2D eigenvalue weighted by atomic mass is 32.2. The summed E-state index contributed by atoms with van der Waals surface area (Å²) in [5.41, 5.74) is 0.692. The zero-order valence-corrected chi connectivity index (χ0v) is 16.1. The number of carbonyl (C=O) groups excluding carboxylic acids is 1. The van der Waals surface area contributed by atoms with Crippen molar-refractivity contribution >= 4 is 15.9 Å². The fourth-order valence-corrected chi connectivity index (χ4v) is 4.51. The van der Waals surface area contributed by atoms with Gasteiger partial charge in [-0.2, -0.15) is 4.31 Å². The van der Waals surface area contributed by atoms with Gasteiger partial charge in [0.15, 0.2) is 5.76 Å². The van der Waals surface area contributed by atoms with E-state index in [1.165, 1.54) is 33.5 Å². The third kappa shape index (κ3) is 4.43. The lowest BCUT2D eigenvalue weighted by Crippen LogP contribution is -2.35. The summed E-state index contributed by atoms with van der Waals surface area (Å²) in [5.74, 6) is 1.39. The maximum atomic E-state index is 13.1. The van der Waals surface area contributed by atoms with Crippen molar-refractivity contribution in [3.05, 3.63) is 53.5 Å². The molecule has 0 unspecified atom stereocenters. The quantitative estimate of drug-likeness (QED) is 0.694. The Morgan fingerprint density at radius 1 is 1.14 bits per heavy atom. The second kappa shape index (κ2) is 8.59. The molecule has 1 aromatic heterocycles. The van der Waals surface area contributed by atoms with Crippen molar-refractivity contribution in [2.45, 2.75) is 30.9 Å². The average molecular weight is 404 g/mol. The lowest BCUT2D eigenvalue weighted by molar-refractivity contribution is 0.0727. The van der Waals surface area contributed by atoms with Crippen LogP contribution in [0.3, 0.4) is 0 Å². The van der Waals surface area contributed by atoms with E-state index < -0.39 is 15.9 Å². The van der Waals surface area contributed by atoms with E-state index in [-0.39, 0.29) is 29.8 Å². The largest absolute Gasteiger partial charge is 0.438 e. The number of nitrogens with zero attached hydrogens (tertiary/aromatic N) is 2. The summed E-state index contributed by atoms with van der Waals surface area (Å²) < 4.78 is 45.2. The van der Waals surface area contributed by atoms with Gasteiger partial charge >= 0.3 is 0 Å². The van der Waals surface area contributed by atoms with Crippen molar-refractivity contribution in [1.82, 2.24) is 9.21 Å². The molecule has 1 fully saturated rings. The molecule has 148 valence electrons. The van der Waals surface area contributed by atoms with Gasteiger partial charge in [0.25, 0.3) is 15.9 Å². The lowest BCUT2D eigenvalue weighted by atomic mass is 10.2. The molecule has 0 atom stereocenters. The molecule has 0 N–H and O–H groups in total. The van der Waals surface area contributed by atoms with Crippen molar-refractivity contribution < 1.29 is 22.0 Å². The number of piperidine rings is 1. The first-order chi connectivity index (χ1) is 13.4. The van der Waals surface area contributed by atoms with Gasteiger partial charge in [-0.25, -0.2) is 12.8 Å². The van der Waals surface area contributed by atoms with Crippen LogP contribution in [0.1, 0.15) is 35.4 Å². The predicted octanol–water partition coefficient (Wildman–Crippen LogP) is 2.87. The second-order valence-corrected chi connectivity index (χ2v) is 8.44. The molecule has 0 radical (unpaired) electrons. The molecule has 2 aromatic rings. The zero-order valence-electron chi connectivity index (χ0n) is 15.3. The van der Waals surface area contributed by atoms with Crippen molar-refractivity contribution in [2.24, 2.45) is 0 Å². The summed E-state index contributed by atoms with van der Waals surface area (Å²) in [6, 6.07) is 8.34. The molecule has 8 heteroatoms. The van der Waals surface area contributed by atoms with Gasteiger partial charge in [0, 0.05) is 19.6 Å². The van der Waals surface area contributed by atoms with E-state index in [4.69, 9.17) is 10.8 Å². The highest BCUT2D eigenvalue weighted by Crippen LogP contribution is 2.23. The standard InChI is InChI=1S/C20H21FN2O4S/c1-2-12-22(15-16-6-8-17(21)9-7-16)20(24)18-10-11-19(27-18)28(25,26)23-13-4-3-5-14-23/h1,6-11H,3-5,12-15H2. The van der Waals surface area contributed by atoms with Crippen LogP contribution in [0.2, 0.25) is 0 Å². The van der Waals surface area contributed by atoms with Gasteiger partial charge < -0.3 is 9.32 Å². The number of hydrogen-bond acceptors (Lipinski definition) is 4. The number of halogens is 1. The molecule has 1 aromatic carbocycles. The van der Waals surface area contributed by atoms with Crippen molar-refractivity contribution in [1.29, 1.82) is 0 Å². The first-order valence-corrected chi connectivity index (χ1v) is 10.4. The fraction of sp³-hybridized carbons (Fsp3) is 0.350. The minimum absolute atomic E-state index is 0.00508. The maximum absolute atomic E-state index is 13.1. The van der Waals surface area contributed by atoms with Gasteiger partial charge in [-0.3, -0.25) is 4.79 Å². The summed E-state index contributed by atoms with van der Waals surface area (Å²) in [7, 11) is -3.76. The van der Waals surface area contributed by atoms with Crippen LogP contribution in [0.4, 0.5) is 4.39 Å². The maximum Gasteiger partial charge on any atom is 0.290 e. The first kappa shape index (κ1) is 20.1. The number of furan rings is 1. The number of rotatable bonds is 6. The van der Waals surface area contributed by atoms with Crippen LogP contribution < -0.4 is 0 Å². The van der Waals surface area contributed by atoms with Crippen molar-refractivity contribution in [2.75, 3.05) is 19.6 Å². The summed E-state index contributed by atoms with van der Waals surface area (Å²) in [5, 5.41) is -0.250. The summed E-state index contributed by atoms with van der Waals surface area (Å²) in [6.07, 6.45) is 7.97. The summed E-state index contributed by atoms with van der Waals surface area (Å²) in [4.78, 5) is 14.1. The van der Waals surface area contributed by atoms with Crippen LogP contribution in [0.5, 0.6) is 0 Å². The van der Waals surface area contributed by atoms with Crippen LogP contribution in [0.15, 0.2) is 45.9 Å². The van der Waals surface area contributed by atoms with Crippen molar-refractivity contribution in [3.63, 3.8) is 0 Å². The van der Waals surface area contributed by atoms with Gasteiger partial charge in [0.1, 0.15) is 5.82 Å². The Bertz CT molecular complexity index is 970. The molecule has 0 aliphatic carbocycles. The molecule has 28 heavy (non-hydrogen) atoms. The average Bonchev–Trinajstić information content (AvgIpc) is 3.20. The molecule has 1 saturated heterocycles. The highest BCUT2D eigenvalue weighted by Gasteiger charge is 2.30. The molecule has 0 saturated carbocycles. The van der Waals surface area contributed by atoms with E-state index in [1.807, 2.05) is 0 Å². The topological polar surface area (TPSA) is 70.8 Å². The monoisotopic (exact) mass is 404 g/mol. The van der Waals surface area contributed by atoms with Crippen LogP contribution in [-0.2, 0) is 16.6 Å². The van der Waals surface area contributed by atoms with E-state index in [0.717, 1.165) is 19.3 Å². The van der Waals surface area contributed by atoms with Crippen LogP contribution in [0, 0.1) is 18.2 Å². The molecular weight excluding hydrogens is 383 g/mol. The van der Waals surface area contributed by atoms with Crippen LogP contribution >= 0.6 is 0 Å². The Morgan fingerprint density at radius 3 is 2.46 bits per heavy atom. The van der Waals surface area contributed by atoms with E-state index in [2.05, 4.69) is 5.92 Å². The van der Waals surface area contributed by atoms with E-state index in [9.17, 15) is 17.6 Å². The zero-order chi connectivity index (χ0) is 20.1. The molecule has 2 heterocycles. The lowest BCUT2D eigenvalue weighted by Gasteiger charge is -2.24. The SMILES string of the molecule is C#CCN(Cc1ccc(F)cc1)C(=O)c1ccc(S(=O)(=O)N2CCCCC2)o1. The van der Waals surface area contributed by atoms with Gasteiger partial charge in [0.05, 0.1) is 6.54 Å². The first-order valence-electron chi connectivity index (χ1n) is 8.99. The number of hydrogen-bond donors (Lipinski definition) is 0. The molecule has 0 bridgehead atoms. The smallest absolute Gasteiger partial charge is 0.290 e. The second-order valence-electron chi connectivity index (χ2n) is 6.58. The number of benzene rings is 1. The van der Waals surface area contributed by atoms with Crippen molar-refractivity contribution in [3.8, 4) is 12.3 Å². The van der Waals surface area contributed by atoms with Crippen LogP contribution in [-0.4, -0.2) is 43.2 Å². The molecule has 1 aliphatic rings. The summed E-state index contributed by atoms with van der Waals surface area (Å²) >= 11 is 0. The molecule has 0 spiro atoms. The number of amides is 1. The molecule has 3 rings (SSSR count). The fourth-order valence-electron chi connectivity index (χ4n) is 3.08. The molecular formula is C20H21FN2O4S. The van der Waals surface area contributed by atoms with Gasteiger partial charge in [0.2, 0.25) is 5.09 Å². The van der Waals surface area contributed by atoms with Gasteiger partial charge in [-0.05, 0) is 42.7 Å². The third-order valence-corrected chi connectivity index (χ3v) is 6.33. The Morgan fingerprint density at radius 2 is 1.82 bits per heavy atom. The van der Waals surface area contributed by atoms with E-state index >= 15 is 0 Å². The minimum atomic E-state index is -3.76. The Labute approximate surface area is 164 Å². The predicted molar refractivity (Wildman–Crippen MR) is 101 cm³/mol. The number of sulfonamides is 1. The number of carbonyl (C=O) groups is 1. The Balaban J connectivity index is 1.78. The molecule has 6 nitrogen and oxygen atoms in total.